The molecule has 0 aromatic heterocycles. The highest BCUT2D eigenvalue weighted by molar-refractivity contribution is 7.92. The fourth-order valence-electron chi connectivity index (χ4n) is 2.70. The summed E-state index contributed by atoms with van der Waals surface area (Å²) in [5, 5.41) is 14.8. The number of anilines is 1. The third-order valence-corrected chi connectivity index (χ3v) is 5.48. The third kappa shape index (κ3) is 6.51. The van der Waals surface area contributed by atoms with Crippen LogP contribution >= 0.6 is 0 Å². The number of methoxy groups -OCH3 is 1. The molecule has 0 heterocycles. The van der Waals surface area contributed by atoms with Gasteiger partial charge in [-0.2, -0.15) is 5.10 Å². The van der Waals surface area contributed by atoms with Gasteiger partial charge in [0.15, 0.2) is 5.75 Å². The van der Waals surface area contributed by atoms with Crippen LogP contribution < -0.4 is 14.5 Å². The number of hydrogen-bond acceptors (Lipinski definition) is 7. The lowest BCUT2D eigenvalue weighted by Gasteiger charge is -2.21. The molecule has 0 bridgehead atoms. The molecule has 166 valence electrons. The van der Waals surface area contributed by atoms with Crippen molar-refractivity contribution in [3.05, 3.63) is 63.7 Å². The van der Waals surface area contributed by atoms with Gasteiger partial charge in [0.25, 0.3) is 5.91 Å². The second-order valence-corrected chi connectivity index (χ2v) is 8.90. The number of nitrogens with zero attached hydrogens (tertiary/aromatic N) is 3. The molecule has 0 spiro atoms. The van der Waals surface area contributed by atoms with Crippen molar-refractivity contribution in [3.63, 3.8) is 0 Å². The van der Waals surface area contributed by atoms with E-state index < -0.39 is 27.4 Å². The first kappa shape index (κ1) is 23.8. The van der Waals surface area contributed by atoms with Crippen LogP contribution in [0.5, 0.6) is 5.75 Å². The first-order valence-corrected chi connectivity index (χ1v) is 11.1. The number of rotatable bonds is 9. The zero-order valence-corrected chi connectivity index (χ0v) is 18.4. The van der Waals surface area contributed by atoms with E-state index in [0.29, 0.717) is 11.3 Å². The smallest absolute Gasteiger partial charge is 0.311 e. The van der Waals surface area contributed by atoms with E-state index >= 15 is 0 Å². The van der Waals surface area contributed by atoms with Crippen LogP contribution in [0.25, 0.3) is 0 Å². The van der Waals surface area contributed by atoms with E-state index in [1.54, 1.807) is 12.1 Å². The number of carbonyl (C=O) groups excluding carboxylic acids is 1. The molecule has 0 unspecified atom stereocenters. The minimum Gasteiger partial charge on any atom is -0.490 e. The Bertz CT molecular complexity index is 1080. The van der Waals surface area contributed by atoms with Gasteiger partial charge in [-0.05, 0) is 35.7 Å². The second-order valence-electron chi connectivity index (χ2n) is 7.00. The quantitative estimate of drug-likeness (QED) is 0.356. The number of hydrazone groups is 1. The molecular weight excluding hydrogens is 424 g/mol. The molecule has 2 aromatic carbocycles. The molecule has 2 aromatic rings. The fourth-order valence-corrected chi connectivity index (χ4v) is 3.56. The standard InChI is InChI=1S/C20H24N4O6S/c1-14(2)16-6-8-17(9-7-16)23(31(4,28)29)13-20(25)22-21-12-15-5-10-19(30-3)18(11-15)24(26)27/h5-12,14H,13H2,1-4H3,(H,22,25)/b21-12-. The normalized spacial score (nSPS) is 11.5. The summed E-state index contributed by atoms with van der Waals surface area (Å²) in [6.45, 7) is 3.57. The van der Waals surface area contributed by atoms with Gasteiger partial charge < -0.3 is 4.74 Å². The van der Waals surface area contributed by atoms with E-state index in [4.69, 9.17) is 4.74 Å². The average molecular weight is 449 g/mol. The van der Waals surface area contributed by atoms with E-state index in [0.717, 1.165) is 16.1 Å². The molecule has 11 heteroatoms. The summed E-state index contributed by atoms with van der Waals surface area (Å²) in [6, 6.07) is 11.1. The molecule has 0 saturated carbocycles. The van der Waals surface area contributed by atoms with Crippen molar-refractivity contribution in [2.24, 2.45) is 5.10 Å². The minimum atomic E-state index is -3.71. The average Bonchev–Trinajstić information content (AvgIpc) is 2.71. The summed E-state index contributed by atoms with van der Waals surface area (Å²) < 4.78 is 30.2. The molecule has 31 heavy (non-hydrogen) atoms. The number of sulfonamides is 1. The van der Waals surface area contributed by atoms with E-state index in [1.807, 2.05) is 26.0 Å². The van der Waals surface area contributed by atoms with Crippen molar-refractivity contribution in [1.29, 1.82) is 0 Å². The number of nitro benzene ring substituents is 1. The van der Waals surface area contributed by atoms with Crippen molar-refractivity contribution in [2.75, 3.05) is 24.2 Å². The Kier molecular flexibility index (Phi) is 7.70. The summed E-state index contributed by atoms with van der Waals surface area (Å²) in [5.74, 6) is -0.289. The number of hydrogen-bond donors (Lipinski definition) is 1. The molecule has 1 N–H and O–H groups in total. The molecule has 0 aliphatic rings. The molecule has 0 atom stereocenters. The Labute approximate surface area is 180 Å². The number of nitrogens with one attached hydrogen (secondary N) is 1. The van der Waals surface area contributed by atoms with Crippen LogP contribution in [0.15, 0.2) is 47.6 Å². The Morgan fingerprint density at radius 3 is 2.42 bits per heavy atom. The summed E-state index contributed by atoms with van der Waals surface area (Å²) >= 11 is 0. The van der Waals surface area contributed by atoms with Crippen LogP contribution in [0.1, 0.15) is 30.9 Å². The first-order valence-electron chi connectivity index (χ1n) is 9.25. The van der Waals surface area contributed by atoms with Crippen LogP contribution in [0.2, 0.25) is 0 Å². The van der Waals surface area contributed by atoms with Gasteiger partial charge in [0.2, 0.25) is 10.0 Å². The summed E-state index contributed by atoms with van der Waals surface area (Å²) in [7, 11) is -2.39. The van der Waals surface area contributed by atoms with Crippen LogP contribution in [-0.4, -0.2) is 45.4 Å². The van der Waals surface area contributed by atoms with Crippen LogP contribution in [0.4, 0.5) is 11.4 Å². The molecular formula is C20H24N4O6S. The monoisotopic (exact) mass is 448 g/mol. The van der Waals surface area contributed by atoms with E-state index in [2.05, 4.69) is 10.5 Å². The zero-order chi connectivity index (χ0) is 23.2. The van der Waals surface area contributed by atoms with Gasteiger partial charge in [0.05, 0.1) is 30.2 Å². The van der Waals surface area contributed by atoms with Gasteiger partial charge in [0, 0.05) is 11.6 Å². The fraction of sp³-hybridized carbons (Fsp3) is 0.300. The van der Waals surface area contributed by atoms with Gasteiger partial charge in [-0.3, -0.25) is 19.2 Å². The third-order valence-electron chi connectivity index (χ3n) is 4.34. The predicted octanol–water partition coefficient (Wildman–Crippen LogP) is 2.64. The lowest BCUT2D eigenvalue weighted by atomic mass is 10.0. The Morgan fingerprint density at radius 1 is 1.26 bits per heavy atom. The Hall–Kier alpha value is -3.47. The van der Waals surface area contributed by atoms with E-state index in [-0.39, 0.29) is 17.4 Å². The highest BCUT2D eigenvalue weighted by Crippen LogP contribution is 2.27. The van der Waals surface area contributed by atoms with Crippen molar-refractivity contribution >= 4 is 33.5 Å². The largest absolute Gasteiger partial charge is 0.490 e. The van der Waals surface area contributed by atoms with Gasteiger partial charge >= 0.3 is 5.69 Å². The van der Waals surface area contributed by atoms with Gasteiger partial charge in [0.1, 0.15) is 6.54 Å². The maximum atomic E-state index is 12.3. The Balaban J connectivity index is 2.11. The molecule has 2 rings (SSSR count). The summed E-state index contributed by atoms with van der Waals surface area (Å²) in [5.41, 5.74) is 3.75. The van der Waals surface area contributed by atoms with Crippen molar-refractivity contribution in [2.45, 2.75) is 19.8 Å². The van der Waals surface area contributed by atoms with Crippen LogP contribution in [0, 0.1) is 10.1 Å². The topological polar surface area (TPSA) is 131 Å². The SMILES string of the molecule is COc1ccc(/C=N\NC(=O)CN(c2ccc(C(C)C)cc2)S(C)(=O)=O)cc1[N+](=O)[O-]. The van der Waals surface area contributed by atoms with Gasteiger partial charge in [-0.25, -0.2) is 13.8 Å². The number of nitro groups is 1. The second kappa shape index (κ2) is 10.0. The molecule has 0 saturated heterocycles. The van der Waals surface area contributed by atoms with E-state index in [1.165, 1.54) is 31.5 Å². The highest BCUT2D eigenvalue weighted by Gasteiger charge is 2.21. The number of benzene rings is 2. The molecule has 0 radical (unpaired) electrons. The predicted molar refractivity (Wildman–Crippen MR) is 118 cm³/mol. The molecule has 10 nitrogen and oxygen atoms in total. The van der Waals surface area contributed by atoms with Crippen LogP contribution in [0.3, 0.4) is 0 Å². The maximum absolute atomic E-state index is 12.3. The van der Waals surface area contributed by atoms with Crippen LogP contribution in [-0.2, 0) is 14.8 Å². The van der Waals surface area contributed by atoms with Crippen molar-refractivity contribution in [1.82, 2.24) is 5.43 Å². The van der Waals surface area contributed by atoms with Gasteiger partial charge in [-0.15, -0.1) is 0 Å². The number of amides is 1. The molecule has 0 aliphatic carbocycles. The Morgan fingerprint density at radius 2 is 1.90 bits per heavy atom. The van der Waals surface area contributed by atoms with E-state index in [9.17, 15) is 23.3 Å². The van der Waals surface area contributed by atoms with Crippen molar-refractivity contribution in [3.8, 4) is 5.75 Å². The molecule has 0 aliphatic heterocycles. The van der Waals surface area contributed by atoms with Crippen molar-refractivity contribution < 1.29 is 22.9 Å². The first-order chi connectivity index (χ1) is 14.5. The molecule has 0 fully saturated rings. The summed E-state index contributed by atoms with van der Waals surface area (Å²) in [6.07, 6.45) is 2.23. The lowest BCUT2D eigenvalue weighted by Crippen LogP contribution is -2.39. The van der Waals surface area contributed by atoms with Gasteiger partial charge in [-0.1, -0.05) is 26.0 Å². The highest BCUT2D eigenvalue weighted by atomic mass is 32.2. The number of ether oxygens (including phenoxy) is 1. The lowest BCUT2D eigenvalue weighted by molar-refractivity contribution is -0.385. The summed E-state index contributed by atoms with van der Waals surface area (Å²) in [4.78, 5) is 22.7. The number of carbonyl (C=O) groups is 1. The minimum absolute atomic E-state index is 0.0958. The maximum Gasteiger partial charge on any atom is 0.311 e. The zero-order valence-electron chi connectivity index (χ0n) is 17.6. The molecule has 1 amide bonds.